The predicted molar refractivity (Wildman–Crippen MR) is 147 cm³/mol. The van der Waals surface area contributed by atoms with E-state index in [0.717, 1.165) is 13.4 Å². The highest BCUT2D eigenvalue weighted by atomic mass is 79.9. The quantitative estimate of drug-likeness (QED) is 0.381. The summed E-state index contributed by atoms with van der Waals surface area (Å²) in [5, 5.41) is 9.03. The lowest BCUT2D eigenvalue weighted by Crippen LogP contribution is -2.28. The number of aromatic nitrogens is 6. The van der Waals surface area contributed by atoms with E-state index in [4.69, 9.17) is 5.11 Å². The molecule has 36 heavy (non-hydrogen) atoms. The minimum Gasteiger partial charge on any atom is -0.395 e. The van der Waals surface area contributed by atoms with Crippen LogP contribution in [0.4, 0.5) is 0 Å². The molecule has 0 fully saturated rings. The molecule has 0 atom stereocenters. The predicted octanol–water partition coefficient (Wildman–Crippen LogP) is 4.99. The van der Waals surface area contributed by atoms with Crippen LogP contribution in [0.1, 0.15) is 59.0 Å². The van der Waals surface area contributed by atoms with E-state index < -0.39 is 5.41 Å². The number of hydrogen-bond acceptors (Lipinski definition) is 9. The molecule has 3 rings (SSSR count). The van der Waals surface area contributed by atoms with Gasteiger partial charge in [0.05, 0.1) is 31.9 Å². The van der Waals surface area contributed by atoms with Crippen LogP contribution in [0.3, 0.4) is 0 Å². The van der Waals surface area contributed by atoms with Crippen molar-refractivity contribution in [3.63, 3.8) is 0 Å². The fraction of sp³-hybridized carbons (Fsp3) is 0.417. The van der Waals surface area contributed by atoms with Gasteiger partial charge in [0.15, 0.2) is 0 Å². The van der Waals surface area contributed by atoms with E-state index in [2.05, 4.69) is 77.7 Å². The zero-order valence-electron chi connectivity index (χ0n) is 21.0. The molecule has 0 radical (unpaired) electrons. The van der Waals surface area contributed by atoms with Gasteiger partial charge in [0.25, 0.3) is 0 Å². The molecule has 0 aliphatic rings. The second-order valence-electron chi connectivity index (χ2n) is 8.87. The lowest BCUT2D eigenvalue weighted by atomic mass is 9.88. The van der Waals surface area contributed by atoms with E-state index in [0.29, 0.717) is 23.9 Å². The largest absolute Gasteiger partial charge is 0.395 e. The van der Waals surface area contributed by atoms with Crippen LogP contribution in [0.15, 0.2) is 50.6 Å². The fourth-order valence-corrected chi connectivity index (χ4v) is 2.79. The number of rotatable bonds is 6. The van der Waals surface area contributed by atoms with Gasteiger partial charge >= 0.3 is 0 Å². The molecule has 0 amide bonds. The molecule has 0 saturated heterocycles. The van der Waals surface area contributed by atoms with Crippen molar-refractivity contribution in [3.05, 3.63) is 68.1 Å². The molecule has 0 aliphatic heterocycles. The van der Waals surface area contributed by atoms with Gasteiger partial charge in [0.1, 0.15) is 29.0 Å². The first-order valence-corrected chi connectivity index (χ1v) is 13.1. The summed E-state index contributed by atoms with van der Waals surface area (Å²) in [4.78, 5) is 46.1. The minimum atomic E-state index is -0.597. The Morgan fingerprint density at radius 1 is 0.722 bits per heavy atom. The maximum Gasteiger partial charge on any atom is 0.142 e. The van der Waals surface area contributed by atoms with Gasteiger partial charge in [0, 0.05) is 42.6 Å². The van der Waals surface area contributed by atoms with E-state index >= 15 is 0 Å². The van der Waals surface area contributed by atoms with Crippen LogP contribution in [0.5, 0.6) is 0 Å². The van der Waals surface area contributed by atoms with Gasteiger partial charge < -0.3 is 5.11 Å². The standard InChI is InChI=1S/C9H11BrN2O.C8H11BrN2O.C7H7BrN2O/c1-6(13)9(2,3)8-11-4-7(10)5-12-8;1-8(2,5-12)7-10-3-6(9)4-11-7;1-5(11)2-7-9-3-6(8)4-10-7/h4-5H,1-3H3;3-4,12H,5H2,1-2H3;3-4H,2H2,1H3. The number of halogens is 3. The van der Waals surface area contributed by atoms with Crippen molar-refractivity contribution >= 4 is 59.4 Å². The maximum absolute atomic E-state index is 11.3. The van der Waals surface area contributed by atoms with Crippen molar-refractivity contribution in [2.45, 2.75) is 58.8 Å². The molecule has 12 heteroatoms. The van der Waals surface area contributed by atoms with E-state index in [1.54, 1.807) is 44.1 Å². The van der Waals surface area contributed by atoms with Gasteiger partial charge in [-0.3, -0.25) is 9.59 Å². The number of ketones is 2. The molecule has 3 heterocycles. The molecule has 0 bridgehead atoms. The lowest BCUT2D eigenvalue weighted by Gasteiger charge is -2.18. The normalized spacial score (nSPS) is 10.9. The van der Waals surface area contributed by atoms with Crippen LogP contribution in [0.2, 0.25) is 0 Å². The summed E-state index contributed by atoms with van der Waals surface area (Å²) >= 11 is 9.69. The first-order valence-electron chi connectivity index (χ1n) is 10.7. The van der Waals surface area contributed by atoms with Crippen LogP contribution < -0.4 is 0 Å². The van der Waals surface area contributed by atoms with E-state index in [1.807, 2.05) is 27.7 Å². The van der Waals surface area contributed by atoms with E-state index in [1.165, 1.54) is 6.92 Å². The van der Waals surface area contributed by atoms with Crippen molar-refractivity contribution in [2.24, 2.45) is 0 Å². The smallest absolute Gasteiger partial charge is 0.142 e. The molecule has 0 aliphatic carbocycles. The van der Waals surface area contributed by atoms with E-state index in [-0.39, 0.29) is 23.6 Å². The Labute approximate surface area is 236 Å². The number of nitrogens with zero attached hydrogens (tertiary/aromatic N) is 6. The Kier molecular flexibility index (Phi) is 13.0. The van der Waals surface area contributed by atoms with Gasteiger partial charge in [-0.05, 0) is 75.5 Å². The summed E-state index contributed by atoms with van der Waals surface area (Å²) < 4.78 is 2.49. The average molecular weight is 689 g/mol. The Morgan fingerprint density at radius 2 is 1.08 bits per heavy atom. The van der Waals surface area contributed by atoms with Crippen LogP contribution >= 0.6 is 47.8 Å². The number of aliphatic hydroxyl groups excluding tert-OH is 1. The van der Waals surface area contributed by atoms with Gasteiger partial charge in [-0.25, -0.2) is 29.9 Å². The molecule has 0 aromatic carbocycles. The van der Waals surface area contributed by atoms with Gasteiger partial charge in [-0.15, -0.1) is 0 Å². The average Bonchev–Trinajstić information content (AvgIpc) is 2.81. The van der Waals surface area contributed by atoms with Gasteiger partial charge in [0.2, 0.25) is 0 Å². The van der Waals surface area contributed by atoms with Crippen molar-refractivity contribution in [1.82, 2.24) is 29.9 Å². The molecule has 0 unspecified atom stereocenters. The first-order chi connectivity index (χ1) is 16.7. The zero-order valence-corrected chi connectivity index (χ0v) is 25.7. The maximum atomic E-state index is 11.3. The van der Waals surface area contributed by atoms with E-state index in [9.17, 15) is 9.59 Å². The highest BCUT2D eigenvalue weighted by Gasteiger charge is 2.28. The number of Topliss-reactive ketones (excluding diaryl/α,β-unsaturated/α-hetero) is 2. The second-order valence-corrected chi connectivity index (χ2v) is 11.6. The molecular formula is C24H29Br3N6O3. The van der Waals surface area contributed by atoms with Crippen LogP contribution in [-0.4, -0.2) is 53.2 Å². The highest BCUT2D eigenvalue weighted by molar-refractivity contribution is 9.11. The molecule has 0 saturated carbocycles. The Bertz CT molecular complexity index is 1120. The minimum absolute atomic E-state index is 0.0502. The first kappa shape index (κ1) is 32.0. The van der Waals surface area contributed by atoms with Crippen molar-refractivity contribution < 1.29 is 14.7 Å². The Balaban J connectivity index is 0.000000271. The third-order valence-electron chi connectivity index (χ3n) is 4.76. The zero-order chi connectivity index (χ0) is 27.5. The van der Waals surface area contributed by atoms with Gasteiger partial charge in [-0.1, -0.05) is 13.8 Å². The number of carbonyl (C=O) groups is 2. The summed E-state index contributed by atoms with van der Waals surface area (Å²) in [6.07, 6.45) is 10.2. The van der Waals surface area contributed by atoms with Crippen molar-refractivity contribution in [2.75, 3.05) is 6.61 Å². The second kappa shape index (κ2) is 14.7. The molecule has 3 aromatic heterocycles. The summed E-state index contributed by atoms with van der Waals surface area (Å²) in [6.45, 7) is 10.6. The van der Waals surface area contributed by atoms with Crippen molar-refractivity contribution in [3.8, 4) is 0 Å². The van der Waals surface area contributed by atoms with Gasteiger partial charge in [-0.2, -0.15) is 0 Å². The Morgan fingerprint density at radius 3 is 1.42 bits per heavy atom. The molecule has 194 valence electrons. The summed E-state index contributed by atoms with van der Waals surface area (Å²) in [5.74, 6) is 1.93. The Hall–Kier alpha value is -2.02. The van der Waals surface area contributed by atoms with Crippen LogP contribution in [0, 0.1) is 0 Å². The topological polar surface area (TPSA) is 132 Å². The number of aliphatic hydroxyl groups is 1. The summed E-state index contributed by atoms with van der Waals surface area (Å²) in [6, 6.07) is 0. The van der Waals surface area contributed by atoms with Crippen molar-refractivity contribution in [1.29, 1.82) is 0 Å². The third kappa shape index (κ3) is 10.9. The van der Waals surface area contributed by atoms with Crippen LogP contribution in [0.25, 0.3) is 0 Å². The highest BCUT2D eigenvalue weighted by Crippen LogP contribution is 2.21. The summed E-state index contributed by atoms with van der Waals surface area (Å²) in [5.41, 5.74) is -0.957. The fourth-order valence-electron chi connectivity index (χ4n) is 2.18. The molecular weight excluding hydrogens is 660 g/mol. The molecule has 0 spiro atoms. The molecule has 3 aromatic rings. The molecule has 1 N–H and O–H groups in total. The SMILES string of the molecule is CC(=O)C(C)(C)c1ncc(Br)cn1.CC(=O)Cc1ncc(Br)cn1.CC(C)(CO)c1ncc(Br)cn1. The third-order valence-corrected chi connectivity index (χ3v) is 5.99. The summed E-state index contributed by atoms with van der Waals surface area (Å²) in [7, 11) is 0. The molecule has 9 nitrogen and oxygen atoms in total. The number of hydrogen-bond donors (Lipinski definition) is 1. The number of carbonyl (C=O) groups excluding carboxylic acids is 2. The lowest BCUT2D eigenvalue weighted by molar-refractivity contribution is -0.121. The monoisotopic (exact) mass is 686 g/mol. The van der Waals surface area contributed by atoms with Crippen LogP contribution in [-0.2, 0) is 26.8 Å².